The molecule has 33 heavy (non-hydrogen) atoms. The molecule has 2 aliphatic heterocycles. The fourth-order valence-corrected chi connectivity index (χ4v) is 5.16. The van der Waals surface area contributed by atoms with Crippen molar-refractivity contribution >= 4 is 27.3 Å². The highest BCUT2D eigenvalue weighted by Crippen LogP contribution is 2.32. The second-order valence-electron chi connectivity index (χ2n) is 8.71. The lowest BCUT2D eigenvalue weighted by Crippen LogP contribution is -2.41. The predicted molar refractivity (Wildman–Crippen MR) is 128 cm³/mol. The van der Waals surface area contributed by atoms with Crippen LogP contribution in [0.1, 0.15) is 33.1 Å². The summed E-state index contributed by atoms with van der Waals surface area (Å²) in [6.45, 7) is 6.84. The second-order valence-corrected chi connectivity index (χ2v) is 10.4. The van der Waals surface area contributed by atoms with Gasteiger partial charge in [0.15, 0.2) is 11.5 Å². The van der Waals surface area contributed by atoms with Crippen LogP contribution in [0.2, 0.25) is 0 Å². The second kappa shape index (κ2) is 10.0. The van der Waals surface area contributed by atoms with Crippen molar-refractivity contribution in [3.05, 3.63) is 42.5 Å². The predicted octanol–water partition coefficient (Wildman–Crippen LogP) is 3.39. The monoisotopic (exact) mass is 473 g/mol. The molecule has 0 bridgehead atoms. The first-order valence-electron chi connectivity index (χ1n) is 11.4. The van der Waals surface area contributed by atoms with E-state index in [1.54, 1.807) is 6.07 Å². The summed E-state index contributed by atoms with van der Waals surface area (Å²) in [6.07, 6.45) is 3.09. The number of fused-ring (bicyclic) bond motifs is 1. The third-order valence-electron chi connectivity index (χ3n) is 6.04. The zero-order chi connectivity index (χ0) is 23.4. The van der Waals surface area contributed by atoms with E-state index in [-0.39, 0.29) is 4.90 Å². The van der Waals surface area contributed by atoms with Gasteiger partial charge in [-0.2, -0.15) is 4.72 Å². The van der Waals surface area contributed by atoms with Crippen molar-refractivity contribution in [2.75, 3.05) is 36.5 Å². The lowest BCUT2D eigenvalue weighted by Gasteiger charge is -2.32. The fourth-order valence-electron chi connectivity index (χ4n) is 3.94. The maximum Gasteiger partial charge on any atom is 0.242 e. The molecule has 1 amide bonds. The normalized spacial score (nSPS) is 17.8. The Morgan fingerprint density at radius 3 is 2.39 bits per heavy atom. The fraction of sp³-hybridized carbons (Fsp3) is 0.458. The molecule has 4 rings (SSSR count). The molecule has 0 radical (unpaired) electrons. The molecule has 0 aromatic heterocycles. The molecule has 1 fully saturated rings. The number of benzene rings is 2. The molecule has 0 unspecified atom stereocenters. The van der Waals surface area contributed by atoms with E-state index in [0.29, 0.717) is 30.4 Å². The van der Waals surface area contributed by atoms with Gasteiger partial charge in [0.2, 0.25) is 15.9 Å². The maximum atomic E-state index is 12.8. The van der Waals surface area contributed by atoms with Crippen LogP contribution in [0.3, 0.4) is 0 Å². The number of nitrogens with zero attached hydrogens (tertiary/aromatic N) is 1. The molecule has 0 aliphatic carbocycles. The molecular weight excluding hydrogens is 442 g/mol. The number of nitrogens with one attached hydrogen (secondary N) is 2. The molecule has 2 aromatic carbocycles. The molecular formula is C24H31N3O5S. The Balaban J connectivity index is 1.36. The van der Waals surface area contributed by atoms with Gasteiger partial charge in [0.1, 0.15) is 0 Å². The molecule has 9 heteroatoms. The van der Waals surface area contributed by atoms with Gasteiger partial charge in [-0.05, 0) is 62.1 Å². The van der Waals surface area contributed by atoms with Crippen molar-refractivity contribution in [1.82, 2.24) is 4.72 Å². The minimum atomic E-state index is -3.92. The van der Waals surface area contributed by atoms with Crippen molar-refractivity contribution in [1.29, 1.82) is 0 Å². The quantitative estimate of drug-likeness (QED) is 0.668. The zero-order valence-corrected chi connectivity index (χ0v) is 19.9. The zero-order valence-electron chi connectivity index (χ0n) is 19.0. The summed E-state index contributed by atoms with van der Waals surface area (Å²) in [4.78, 5) is 15.0. The summed E-state index contributed by atoms with van der Waals surface area (Å²) in [5, 5.41) is 2.78. The van der Waals surface area contributed by atoms with Gasteiger partial charge < -0.3 is 19.7 Å². The average Bonchev–Trinajstić information content (AvgIpc) is 3.05. The molecule has 2 aliphatic rings. The van der Waals surface area contributed by atoms with E-state index in [0.717, 1.165) is 31.1 Å². The summed E-state index contributed by atoms with van der Waals surface area (Å²) in [7, 11) is -3.92. The Kier molecular flexibility index (Phi) is 7.09. The molecule has 1 saturated heterocycles. The van der Waals surface area contributed by atoms with Gasteiger partial charge in [-0.25, -0.2) is 8.42 Å². The number of ether oxygens (including phenoxy) is 2. The SMILES string of the molecule is CC1CCN(c2ccc(NC(=O)[C@@H](C)NS(=O)(=O)c3ccc4c(c3)OCCCO4)cc2)CC1. The minimum Gasteiger partial charge on any atom is -0.490 e. The van der Waals surface area contributed by atoms with Crippen molar-refractivity contribution in [3.8, 4) is 11.5 Å². The minimum absolute atomic E-state index is 0.0200. The summed E-state index contributed by atoms with van der Waals surface area (Å²) < 4.78 is 39.2. The Morgan fingerprint density at radius 1 is 1.03 bits per heavy atom. The summed E-state index contributed by atoms with van der Waals surface area (Å²) in [5.41, 5.74) is 1.75. The van der Waals surface area contributed by atoms with Crippen LogP contribution in [0.25, 0.3) is 0 Å². The van der Waals surface area contributed by atoms with Gasteiger partial charge in [0.05, 0.1) is 24.2 Å². The smallest absolute Gasteiger partial charge is 0.242 e. The van der Waals surface area contributed by atoms with Crippen LogP contribution in [-0.4, -0.2) is 46.7 Å². The highest BCUT2D eigenvalue weighted by Gasteiger charge is 2.24. The number of sulfonamides is 1. The van der Waals surface area contributed by atoms with Crippen LogP contribution in [0.15, 0.2) is 47.4 Å². The highest BCUT2D eigenvalue weighted by molar-refractivity contribution is 7.89. The van der Waals surface area contributed by atoms with Crippen LogP contribution in [0.4, 0.5) is 11.4 Å². The van der Waals surface area contributed by atoms with E-state index in [1.807, 2.05) is 24.3 Å². The molecule has 0 spiro atoms. The Morgan fingerprint density at radius 2 is 1.70 bits per heavy atom. The van der Waals surface area contributed by atoms with Crippen molar-refractivity contribution in [3.63, 3.8) is 0 Å². The number of hydrogen-bond acceptors (Lipinski definition) is 6. The number of carbonyl (C=O) groups is 1. The molecule has 178 valence electrons. The molecule has 2 N–H and O–H groups in total. The van der Waals surface area contributed by atoms with E-state index < -0.39 is 22.0 Å². The third-order valence-corrected chi connectivity index (χ3v) is 7.58. The molecule has 1 atom stereocenters. The molecule has 2 heterocycles. The molecule has 8 nitrogen and oxygen atoms in total. The highest BCUT2D eigenvalue weighted by atomic mass is 32.2. The molecule has 0 saturated carbocycles. The van der Waals surface area contributed by atoms with Gasteiger partial charge >= 0.3 is 0 Å². The first kappa shape index (κ1) is 23.4. The van der Waals surface area contributed by atoms with Crippen LogP contribution in [0.5, 0.6) is 11.5 Å². The average molecular weight is 474 g/mol. The number of rotatable bonds is 6. The van der Waals surface area contributed by atoms with E-state index in [2.05, 4.69) is 21.9 Å². The Labute approximate surface area is 195 Å². The topological polar surface area (TPSA) is 97.0 Å². The first-order valence-corrected chi connectivity index (χ1v) is 12.9. The van der Waals surface area contributed by atoms with Crippen molar-refractivity contribution in [2.45, 2.75) is 44.0 Å². The summed E-state index contributed by atoms with van der Waals surface area (Å²) in [5.74, 6) is 1.22. The number of anilines is 2. The summed E-state index contributed by atoms with van der Waals surface area (Å²) >= 11 is 0. The van der Waals surface area contributed by atoms with Crippen LogP contribution < -0.4 is 24.4 Å². The van der Waals surface area contributed by atoms with Crippen molar-refractivity contribution in [2.24, 2.45) is 5.92 Å². The number of hydrogen-bond donors (Lipinski definition) is 2. The van der Waals surface area contributed by atoms with E-state index in [1.165, 1.54) is 31.9 Å². The van der Waals surface area contributed by atoms with E-state index in [4.69, 9.17) is 9.47 Å². The molecule has 2 aromatic rings. The van der Waals surface area contributed by atoms with Gasteiger partial charge in [-0.15, -0.1) is 0 Å². The number of amides is 1. The van der Waals surface area contributed by atoms with Gasteiger partial charge in [0.25, 0.3) is 0 Å². The van der Waals surface area contributed by atoms with Gasteiger partial charge in [-0.3, -0.25) is 4.79 Å². The lowest BCUT2D eigenvalue weighted by atomic mass is 9.99. The number of piperidine rings is 1. The standard InChI is InChI=1S/C24H31N3O5S/c1-17-10-12-27(13-11-17)20-6-4-19(5-7-20)25-24(28)18(2)26-33(29,30)21-8-9-22-23(16-21)32-15-3-14-31-22/h4-9,16-18,26H,3,10-15H2,1-2H3,(H,25,28)/t18-/m1/s1. The number of carbonyl (C=O) groups excluding carboxylic acids is 1. The Bertz CT molecular complexity index is 1080. The maximum absolute atomic E-state index is 12.8. The van der Waals surface area contributed by atoms with E-state index >= 15 is 0 Å². The third kappa shape index (κ3) is 5.78. The van der Waals surface area contributed by atoms with E-state index in [9.17, 15) is 13.2 Å². The van der Waals surface area contributed by atoms with Crippen molar-refractivity contribution < 1.29 is 22.7 Å². The van der Waals surface area contributed by atoms with Crippen LogP contribution >= 0.6 is 0 Å². The van der Waals surface area contributed by atoms with Gasteiger partial charge in [-0.1, -0.05) is 6.92 Å². The lowest BCUT2D eigenvalue weighted by molar-refractivity contribution is -0.117. The largest absolute Gasteiger partial charge is 0.490 e. The van der Waals surface area contributed by atoms with Gasteiger partial charge in [0, 0.05) is 37.0 Å². The Hall–Kier alpha value is -2.78. The van der Waals surface area contributed by atoms with Crippen LogP contribution in [-0.2, 0) is 14.8 Å². The first-order chi connectivity index (χ1) is 15.8. The summed E-state index contributed by atoms with van der Waals surface area (Å²) in [6, 6.07) is 11.1. The van der Waals surface area contributed by atoms with Crippen LogP contribution in [0, 0.1) is 5.92 Å².